The maximum Gasteiger partial charge on any atom is 0.409 e. The lowest BCUT2D eigenvalue weighted by Gasteiger charge is -2.16. The minimum Gasteiger partial charge on any atom is -0.410 e. The number of carbonyl (C=O) groups excluding carboxylic acids is 1. The molecule has 0 aliphatic heterocycles. The van der Waals surface area contributed by atoms with Crippen LogP contribution in [0.4, 0.5) is 9.18 Å². The molecule has 1 atom stereocenters. The van der Waals surface area contributed by atoms with Gasteiger partial charge in [0.2, 0.25) is 0 Å². The first-order valence-corrected chi connectivity index (χ1v) is 5.66. The number of carbonyl (C=O) groups is 1. The van der Waals surface area contributed by atoms with E-state index in [4.69, 9.17) is 5.73 Å². The number of halogens is 1. The van der Waals surface area contributed by atoms with Gasteiger partial charge in [0.15, 0.2) is 0 Å². The van der Waals surface area contributed by atoms with Crippen molar-refractivity contribution in [1.82, 2.24) is 0 Å². The van der Waals surface area contributed by atoms with Crippen LogP contribution in [0.5, 0.6) is 5.75 Å². The topological polar surface area (TPSA) is 52.3 Å². The largest absolute Gasteiger partial charge is 0.410 e. The maximum atomic E-state index is 13.7. The molecule has 0 bridgehead atoms. The van der Waals surface area contributed by atoms with Crippen LogP contribution < -0.4 is 10.5 Å². The molecular weight excluding hydrogens is 221 g/mol. The summed E-state index contributed by atoms with van der Waals surface area (Å²) >= 11 is 0. The molecule has 0 aromatic heterocycles. The van der Waals surface area contributed by atoms with Crippen molar-refractivity contribution in [2.45, 2.75) is 27.2 Å². The summed E-state index contributed by atoms with van der Waals surface area (Å²) in [6.45, 7) is 6.29. The Labute approximate surface area is 101 Å². The Morgan fingerprint density at radius 1 is 1.41 bits per heavy atom. The van der Waals surface area contributed by atoms with Gasteiger partial charge in [-0.1, -0.05) is 26.8 Å². The van der Waals surface area contributed by atoms with Gasteiger partial charge >= 0.3 is 6.09 Å². The maximum absolute atomic E-state index is 13.7. The molecule has 0 saturated heterocycles. The molecular formula is C13H18FNO2. The SMILES string of the molecule is CC(C)C(C)Cc1ccc(OC(N)=O)cc1F. The van der Waals surface area contributed by atoms with E-state index in [0.717, 1.165) is 0 Å². The Bertz CT molecular complexity index is 404. The first-order chi connectivity index (χ1) is 7.90. The third-order valence-electron chi connectivity index (χ3n) is 2.92. The van der Waals surface area contributed by atoms with E-state index in [2.05, 4.69) is 25.5 Å². The van der Waals surface area contributed by atoms with E-state index in [9.17, 15) is 9.18 Å². The molecule has 0 heterocycles. The summed E-state index contributed by atoms with van der Waals surface area (Å²) in [5.41, 5.74) is 5.48. The molecule has 94 valence electrons. The summed E-state index contributed by atoms with van der Waals surface area (Å²) in [6, 6.07) is 4.37. The summed E-state index contributed by atoms with van der Waals surface area (Å²) in [6.07, 6.45) is -0.270. The summed E-state index contributed by atoms with van der Waals surface area (Å²) in [4.78, 5) is 10.5. The number of hydrogen-bond donors (Lipinski definition) is 1. The third kappa shape index (κ3) is 4.06. The number of benzene rings is 1. The molecule has 0 spiro atoms. The van der Waals surface area contributed by atoms with Crippen LogP contribution in [0.2, 0.25) is 0 Å². The second kappa shape index (κ2) is 5.66. The summed E-state index contributed by atoms with van der Waals surface area (Å²) in [5, 5.41) is 0. The van der Waals surface area contributed by atoms with Gasteiger partial charge in [0, 0.05) is 6.07 Å². The van der Waals surface area contributed by atoms with Crippen molar-refractivity contribution in [3.8, 4) is 5.75 Å². The fourth-order valence-electron chi connectivity index (χ4n) is 1.46. The molecule has 1 amide bonds. The van der Waals surface area contributed by atoms with E-state index in [1.807, 2.05) is 0 Å². The lowest BCUT2D eigenvalue weighted by Crippen LogP contribution is -2.16. The second-order valence-corrected chi connectivity index (χ2v) is 4.60. The van der Waals surface area contributed by atoms with E-state index < -0.39 is 6.09 Å². The molecule has 1 unspecified atom stereocenters. The average molecular weight is 239 g/mol. The summed E-state index contributed by atoms with van der Waals surface area (Å²) in [5.74, 6) is 0.663. The van der Waals surface area contributed by atoms with Crippen LogP contribution in [0, 0.1) is 17.7 Å². The van der Waals surface area contributed by atoms with Crippen LogP contribution in [0.3, 0.4) is 0 Å². The van der Waals surface area contributed by atoms with E-state index in [1.165, 1.54) is 6.07 Å². The van der Waals surface area contributed by atoms with Gasteiger partial charge in [-0.2, -0.15) is 0 Å². The van der Waals surface area contributed by atoms with Crippen LogP contribution in [-0.2, 0) is 6.42 Å². The van der Waals surface area contributed by atoms with Crippen LogP contribution in [0.1, 0.15) is 26.3 Å². The van der Waals surface area contributed by atoms with Crippen LogP contribution in [-0.4, -0.2) is 6.09 Å². The van der Waals surface area contributed by atoms with Crippen LogP contribution >= 0.6 is 0 Å². The van der Waals surface area contributed by atoms with Gasteiger partial charge < -0.3 is 10.5 Å². The molecule has 1 aromatic rings. The van der Waals surface area contributed by atoms with Gasteiger partial charge in [0.1, 0.15) is 11.6 Å². The number of amides is 1. The summed E-state index contributed by atoms with van der Waals surface area (Å²) < 4.78 is 18.3. The molecule has 0 saturated carbocycles. The molecule has 0 aliphatic rings. The van der Waals surface area contributed by atoms with E-state index in [0.29, 0.717) is 23.8 Å². The fraction of sp³-hybridized carbons (Fsp3) is 0.462. The number of hydrogen-bond acceptors (Lipinski definition) is 2. The smallest absolute Gasteiger partial charge is 0.409 e. The highest BCUT2D eigenvalue weighted by molar-refractivity contribution is 5.68. The zero-order valence-electron chi connectivity index (χ0n) is 10.4. The predicted octanol–water partition coefficient (Wildman–Crippen LogP) is 3.12. The van der Waals surface area contributed by atoms with Gasteiger partial charge in [0.25, 0.3) is 0 Å². The monoisotopic (exact) mass is 239 g/mol. The quantitative estimate of drug-likeness (QED) is 0.877. The van der Waals surface area contributed by atoms with Crippen molar-refractivity contribution in [2.75, 3.05) is 0 Å². The molecule has 4 heteroatoms. The van der Waals surface area contributed by atoms with Gasteiger partial charge in [-0.25, -0.2) is 9.18 Å². The average Bonchev–Trinajstić information content (AvgIpc) is 2.20. The van der Waals surface area contributed by atoms with Crippen molar-refractivity contribution in [1.29, 1.82) is 0 Å². The summed E-state index contributed by atoms with van der Waals surface area (Å²) in [7, 11) is 0. The van der Waals surface area contributed by atoms with Crippen molar-refractivity contribution < 1.29 is 13.9 Å². The molecule has 0 radical (unpaired) electrons. The zero-order valence-corrected chi connectivity index (χ0v) is 10.4. The Morgan fingerprint density at radius 3 is 2.53 bits per heavy atom. The van der Waals surface area contributed by atoms with Crippen molar-refractivity contribution >= 4 is 6.09 Å². The number of nitrogens with two attached hydrogens (primary N) is 1. The Balaban J connectivity index is 2.79. The van der Waals surface area contributed by atoms with Crippen molar-refractivity contribution in [3.63, 3.8) is 0 Å². The van der Waals surface area contributed by atoms with Crippen molar-refractivity contribution in [3.05, 3.63) is 29.6 Å². The number of rotatable bonds is 4. The first-order valence-electron chi connectivity index (χ1n) is 5.66. The minimum absolute atomic E-state index is 0.135. The Morgan fingerprint density at radius 2 is 2.06 bits per heavy atom. The van der Waals surface area contributed by atoms with Gasteiger partial charge in [-0.05, 0) is 29.9 Å². The fourth-order valence-corrected chi connectivity index (χ4v) is 1.46. The molecule has 1 rings (SSSR count). The lowest BCUT2D eigenvalue weighted by molar-refractivity contribution is 0.210. The Kier molecular flexibility index (Phi) is 4.49. The van der Waals surface area contributed by atoms with Crippen LogP contribution in [0.25, 0.3) is 0 Å². The van der Waals surface area contributed by atoms with Crippen LogP contribution in [0.15, 0.2) is 18.2 Å². The molecule has 0 aliphatic carbocycles. The van der Waals surface area contributed by atoms with Crippen molar-refractivity contribution in [2.24, 2.45) is 17.6 Å². The number of primary amides is 1. The highest BCUT2D eigenvalue weighted by Crippen LogP contribution is 2.22. The van der Waals surface area contributed by atoms with E-state index >= 15 is 0 Å². The zero-order chi connectivity index (χ0) is 13.0. The molecule has 3 nitrogen and oxygen atoms in total. The predicted molar refractivity (Wildman–Crippen MR) is 64.3 cm³/mol. The van der Waals surface area contributed by atoms with Gasteiger partial charge in [0.05, 0.1) is 0 Å². The molecule has 17 heavy (non-hydrogen) atoms. The standard InChI is InChI=1S/C13H18FNO2/c1-8(2)9(3)6-10-4-5-11(7-12(10)14)17-13(15)16/h4-5,7-9H,6H2,1-3H3,(H2,15,16). The molecule has 1 aromatic carbocycles. The minimum atomic E-state index is -0.937. The molecule has 0 fully saturated rings. The third-order valence-corrected chi connectivity index (χ3v) is 2.92. The van der Waals surface area contributed by atoms with Gasteiger partial charge in [-0.3, -0.25) is 0 Å². The normalized spacial score (nSPS) is 12.5. The number of ether oxygens (including phenoxy) is 1. The first kappa shape index (κ1) is 13.5. The lowest BCUT2D eigenvalue weighted by atomic mass is 9.91. The Hall–Kier alpha value is -1.58. The highest BCUT2D eigenvalue weighted by Gasteiger charge is 2.12. The highest BCUT2D eigenvalue weighted by atomic mass is 19.1. The van der Waals surface area contributed by atoms with Gasteiger partial charge in [-0.15, -0.1) is 0 Å². The molecule has 2 N–H and O–H groups in total. The van der Waals surface area contributed by atoms with E-state index in [-0.39, 0.29) is 11.6 Å². The second-order valence-electron chi connectivity index (χ2n) is 4.60. The van der Waals surface area contributed by atoms with E-state index in [1.54, 1.807) is 12.1 Å².